The Morgan fingerprint density at radius 1 is 1.24 bits per heavy atom. The molecule has 148 valence electrons. The number of hydrogen-bond donors (Lipinski definition) is 0. The van der Waals surface area contributed by atoms with E-state index in [0.29, 0.717) is 33.2 Å². The fourth-order valence-electron chi connectivity index (χ4n) is 2.95. The van der Waals surface area contributed by atoms with E-state index in [1.165, 1.54) is 12.1 Å². The smallest absolute Gasteiger partial charge is 0.293 e. The standard InChI is InChI=1S/C19H13ClN2O6S/c1-10-2-3-11(4-14(10)22(25)26)5-17-18(23)21(19(24)29-17)8-12-6-15-16(7-13(12)20)28-9-27-15/h2-7H,8-9H2,1H3/b17-5-. The first-order valence-electron chi connectivity index (χ1n) is 8.42. The van der Waals surface area contributed by atoms with Crippen molar-refractivity contribution in [2.45, 2.75) is 13.5 Å². The molecule has 0 atom stereocenters. The van der Waals surface area contributed by atoms with Gasteiger partial charge in [0, 0.05) is 22.7 Å². The third-order valence-electron chi connectivity index (χ3n) is 4.47. The minimum Gasteiger partial charge on any atom is -0.454 e. The van der Waals surface area contributed by atoms with Gasteiger partial charge in [-0.2, -0.15) is 0 Å². The number of carbonyl (C=O) groups excluding carboxylic acids is 2. The van der Waals surface area contributed by atoms with Crippen LogP contribution in [-0.2, 0) is 11.3 Å². The van der Waals surface area contributed by atoms with Crippen molar-refractivity contribution in [2.24, 2.45) is 0 Å². The van der Waals surface area contributed by atoms with Gasteiger partial charge in [0.2, 0.25) is 6.79 Å². The molecule has 4 rings (SSSR count). The summed E-state index contributed by atoms with van der Waals surface area (Å²) in [6.07, 6.45) is 1.47. The molecule has 2 aromatic carbocycles. The van der Waals surface area contributed by atoms with Crippen molar-refractivity contribution in [3.05, 3.63) is 67.1 Å². The summed E-state index contributed by atoms with van der Waals surface area (Å²) < 4.78 is 10.6. The second-order valence-corrected chi connectivity index (χ2v) is 7.77. The zero-order chi connectivity index (χ0) is 20.7. The van der Waals surface area contributed by atoms with Crippen molar-refractivity contribution in [3.63, 3.8) is 0 Å². The molecule has 0 saturated carbocycles. The van der Waals surface area contributed by atoms with Crippen LogP contribution in [0.4, 0.5) is 10.5 Å². The zero-order valence-corrected chi connectivity index (χ0v) is 16.6. The van der Waals surface area contributed by atoms with E-state index in [1.54, 1.807) is 31.2 Å². The minimum atomic E-state index is -0.489. The van der Waals surface area contributed by atoms with Crippen LogP contribution in [0, 0.1) is 17.0 Å². The molecule has 1 fully saturated rings. The van der Waals surface area contributed by atoms with Gasteiger partial charge < -0.3 is 9.47 Å². The Morgan fingerprint density at radius 3 is 2.69 bits per heavy atom. The minimum absolute atomic E-state index is 0.0223. The Kier molecular flexibility index (Phi) is 4.93. The molecule has 0 aromatic heterocycles. The molecule has 0 N–H and O–H groups in total. The Morgan fingerprint density at radius 2 is 1.97 bits per heavy atom. The Labute approximate surface area is 174 Å². The van der Waals surface area contributed by atoms with Crippen molar-refractivity contribution in [3.8, 4) is 11.5 Å². The first-order valence-corrected chi connectivity index (χ1v) is 9.61. The molecule has 29 heavy (non-hydrogen) atoms. The maximum Gasteiger partial charge on any atom is 0.293 e. The number of ether oxygens (including phenoxy) is 2. The highest BCUT2D eigenvalue weighted by Crippen LogP contribution is 2.39. The van der Waals surface area contributed by atoms with E-state index in [2.05, 4.69) is 0 Å². The van der Waals surface area contributed by atoms with Gasteiger partial charge in [-0.1, -0.05) is 23.7 Å². The quantitative estimate of drug-likeness (QED) is 0.397. The number of fused-ring (bicyclic) bond motifs is 1. The van der Waals surface area contributed by atoms with Gasteiger partial charge in [0.05, 0.1) is 16.4 Å². The first-order chi connectivity index (χ1) is 13.8. The van der Waals surface area contributed by atoms with Crippen molar-refractivity contribution >= 4 is 46.3 Å². The van der Waals surface area contributed by atoms with Crippen molar-refractivity contribution < 1.29 is 24.0 Å². The van der Waals surface area contributed by atoms with Crippen LogP contribution in [0.25, 0.3) is 6.08 Å². The Balaban J connectivity index is 1.59. The summed E-state index contributed by atoms with van der Waals surface area (Å²) in [5.74, 6) is 0.518. The van der Waals surface area contributed by atoms with Crippen LogP contribution >= 0.6 is 23.4 Å². The van der Waals surface area contributed by atoms with Crippen LogP contribution in [0.5, 0.6) is 11.5 Å². The molecule has 2 amide bonds. The van der Waals surface area contributed by atoms with E-state index in [4.69, 9.17) is 21.1 Å². The molecule has 0 aliphatic carbocycles. The average molecular weight is 433 g/mol. The number of nitro benzene ring substituents is 1. The maximum atomic E-state index is 12.7. The topological polar surface area (TPSA) is 99.0 Å². The molecule has 0 unspecified atom stereocenters. The number of amides is 2. The number of halogens is 1. The van der Waals surface area contributed by atoms with Crippen LogP contribution in [0.1, 0.15) is 16.7 Å². The summed E-state index contributed by atoms with van der Waals surface area (Å²) in [6.45, 7) is 1.69. The largest absolute Gasteiger partial charge is 0.454 e. The summed E-state index contributed by atoms with van der Waals surface area (Å²) in [5, 5.41) is 11.0. The highest BCUT2D eigenvalue weighted by Gasteiger charge is 2.35. The summed E-state index contributed by atoms with van der Waals surface area (Å²) in [4.78, 5) is 37.0. The van der Waals surface area contributed by atoms with E-state index in [9.17, 15) is 19.7 Å². The monoisotopic (exact) mass is 432 g/mol. The zero-order valence-electron chi connectivity index (χ0n) is 15.0. The number of aryl methyl sites for hydroxylation is 1. The van der Waals surface area contributed by atoms with E-state index >= 15 is 0 Å². The third kappa shape index (κ3) is 3.66. The van der Waals surface area contributed by atoms with Crippen LogP contribution in [0.15, 0.2) is 35.2 Å². The molecule has 8 nitrogen and oxygen atoms in total. The summed E-state index contributed by atoms with van der Waals surface area (Å²) in [5.41, 5.74) is 1.47. The van der Waals surface area contributed by atoms with E-state index in [1.807, 2.05) is 0 Å². The molecule has 0 bridgehead atoms. The number of thioether (sulfide) groups is 1. The second kappa shape index (κ2) is 7.41. The predicted octanol–water partition coefficient (Wildman–Crippen LogP) is 4.52. The summed E-state index contributed by atoms with van der Waals surface area (Å²) in [7, 11) is 0. The predicted molar refractivity (Wildman–Crippen MR) is 107 cm³/mol. The van der Waals surface area contributed by atoms with E-state index < -0.39 is 16.1 Å². The number of benzene rings is 2. The Bertz CT molecular complexity index is 1100. The number of rotatable bonds is 4. The fourth-order valence-corrected chi connectivity index (χ4v) is 4.00. The van der Waals surface area contributed by atoms with Gasteiger partial charge in [0.15, 0.2) is 11.5 Å². The van der Waals surface area contributed by atoms with Crippen molar-refractivity contribution in [1.82, 2.24) is 4.90 Å². The van der Waals surface area contributed by atoms with Crippen molar-refractivity contribution in [1.29, 1.82) is 0 Å². The van der Waals surface area contributed by atoms with Gasteiger partial charge in [0.25, 0.3) is 16.8 Å². The summed E-state index contributed by atoms with van der Waals surface area (Å²) in [6, 6.07) is 7.85. The van der Waals surface area contributed by atoms with Crippen LogP contribution in [0.3, 0.4) is 0 Å². The molecule has 2 aliphatic heterocycles. The van der Waals surface area contributed by atoms with Gasteiger partial charge in [-0.25, -0.2) is 0 Å². The number of carbonyl (C=O) groups is 2. The normalized spacial score (nSPS) is 16.8. The summed E-state index contributed by atoms with van der Waals surface area (Å²) >= 11 is 7.02. The molecular weight excluding hydrogens is 420 g/mol. The molecular formula is C19H13ClN2O6S. The Hall–Kier alpha value is -3.04. The van der Waals surface area contributed by atoms with Crippen LogP contribution < -0.4 is 9.47 Å². The lowest BCUT2D eigenvalue weighted by Crippen LogP contribution is -2.27. The fraction of sp³-hybridized carbons (Fsp3) is 0.158. The maximum absolute atomic E-state index is 12.7. The van der Waals surface area contributed by atoms with Crippen molar-refractivity contribution in [2.75, 3.05) is 6.79 Å². The molecule has 10 heteroatoms. The first kappa shape index (κ1) is 19.3. The van der Waals surface area contributed by atoms with Crippen LogP contribution in [-0.4, -0.2) is 27.8 Å². The van der Waals surface area contributed by atoms with Gasteiger partial charge >= 0.3 is 0 Å². The SMILES string of the molecule is Cc1ccc(/C=C2\SC(=O)N(Cc3cc4c(cc3Cl)OCO4)C2=O)cc1[N+](=O)[O-]. The lowest BCUT2D eigenvalue weighted by Gasteiger charge is -2.14. The number of imide groups is 1. The molecule has 2 aromatic rings. The third-order valence-corrected chi connectivity index (χ3v) is 5.73. The number of nitro groups is 1. The highest BCUT2D eigenvalue weighted by atomic mass is 35.5. The van der Waals surface area contributed by atoms with Gasteiger partial charge in [0.1, 0.15) is 0 Å². The lowest BCUT2D eigenvalue weighted by molar-refractivity contribution is -0.385. The lowest BCUT2D eigenvalue weighted by atomic mass is 10.1. The van der Waals surface area contributed by atoms with Gasteiger partial charge in [-0.05, 0) is 42.0 Å². The average Bonchev–Trinajstić information content (AvgIpc) is 3.22. The molecule has 1 saturated heterocycles. The molecule has 0 spiro atoms. The van der Waals surface area contributed by atoms with Gasteiger partial charge in [-0.15, -0.1) is 0 Å². The van der Waals surface area contributed by atoms with E-state index in [0.717, 1.165) is 16.7 Å². The molecule has 2 heterocycles. The second-order valence-electron chi connectivity index (χ2n) is 6.37. The number of nitrogens with zero attached hydrogens (tertiary/aromatic N) is 2. The van der Waals surface area contributed by atoms with Crippen LogP contribution in [0.2, 0.25) is 5.02 Å². The molecule has 2 aliphatic rings. The number of hydrogen-bond acceptors (Lipinski definition) is 7. The highest BCUT2D eigenvalue weighted by molar-refractivity contribution is 8.18. The van der Waals surface area contributed by atoms with E-state index in [-0.39, 0.29) is 23.9 Å². The molecule has 0 radical (unpaired) electrons. The van der Waals surface area contributed by atoms with Gasteiger partial charge in [-0.3, -0.25) is 24.6 Å².